The Bertz CT molecular complexity index is 1390. The molecule has 1 aromatic heterocycles. The van der Waals surface area contributed by atoms with Crippen LogP contribution >= 0.6 is 0 Å². The van der Waals surface area contributed by atoms with E-state index >= 15 is 0 Å². The smallest absolute Gasteiger partial charge is 0.293 e. The molecule has 2 heterocycles. The maximum absolute atomic E-state index is 13.4. The van der Waals surface area contributed by atoms with Crippen molar-refractivity contribution in [2.45, 2.75) is 52.1 Å². The molecule has 198 valence electrons. The molecule has 1 unspecified atom stereocenters. The molecule has 37 heavy (non-hydrogen) atoms. The largest absolute Gasteiger partial charge is 0.504 e. The fourth-order valence-corrected chi connectivity index (χ4v) is 4.70. The molecule has 1 atom stereocenters. The summed E-state index contributed by atoms with van der Waals surface area (Å²) in [7, 11) is 2.63. The third-order valence-corrected chi connectivity index (χ3v) is 6.69. The highest BCUT2D eigenvalue weighted by Crippen LogP contribution is 2.45. The SMILES string of the molecule is COc1c(O)cc2oc(-c3cc(CCC(C)COC=O)c4c(c3)CCC(C)(C)O4)c(OC)c(=O)c2c1O. The lowest BCUT2D eigenvalue weighted by atomic mass is 9.89. The Morgan fingerprint density at radius 2 is 1.86 bits per heavy atom. The third kappa shape index (κ3) is 5.03. The van der Waals surface area contributed by atoms with Gasteiger partial charge in [0.2, 0.25) is 16.9 Å². The van der Waals surface area contributed by atoms with E-state index < -0.39 is 11.2 Å². The number of ether oxygens (including phenoxy) is 4. The van der Waals surface area contributed by atoms with E-state index in [9.17, 15) is 19.8 Å². The number of carbonyl (C=O) groups is 1. The first-order valence-corrected chi connectivity index (χ1v) is 12.1. The number of carbonyl (C=O) groups excluding carboxylic acids is 1. The molecular weight excluding hydrogens is 480 g/mol. The zero-order valence-corrected chi connectivity index (χ0v) is 21.7. The minimum absolute atomic E-state index is 0.00659. The number of phenols is 2. The Balaban J connectivity index is 1.88. The number of hydrogen-bond donors (Lipinski definition) is 2. The van der Waals surface area contributed by atoms with E-state index in [1.165, 1.54) is 20.3 Å². The van der Waals surface area contributed by atoms with E-state index in [1.54, 1.807) is 0 Å². The summed E-state index contributed by atoms with van der Waals surface area (Å²) >= 11 is 0. The van der Waals surface area contributed by atoms with Crippen LogP contribution in [0.1, 0.15) is 44.7 Å². The maximum Gasteiger partial charge on any atom is 0.293 e. The number of methoxy groups -OCH3 is 2. The minimum Gasteiger partial charge on any atom is -0.504 e. The lowest BCUT2D eigenvalue weighted by molar-refractivity contribution is -0.129. The molecule has 2 N–H and O–H groups in total. The average Bonchev–Trinajstić information content (AvgIpc) is 2.85. The van der Waals surface area contributed by atoms with Gasteiger partial charge in [-0.15, -0.1) is 0 Å². The average molecular weight is 513 g/mol. The molecule has 1 aliphatic heterocycles. The van der Waals surface area contributed by atoms with Crippen LogP contribution in [0.4, 0.5) is 0 Å². The Labute approximate surface area is 214 Å². The summed E-state index contributed by atoms with van der Waals surface area (Å²) in [5, 5.41) is 20.7. The molecule has 4 rings (SSSR count). The van der Waals surface area contributed by atoms with E-state index in [2.05, 4.69) is 0 Å². The lowest BCUT2D eigenvalue weighted by Crippen LogP contribution is -2.33. The van der Waals surface area contributed by atoms with Crippen LogP contribution in [0.25, 0.3) is 22.3 Å². The second-order valence-corrected chi connectivity index (χ2v) is 10.0. The molecule has 2 aromatic carbocycles. The van der Waals surface area contributed by atoms with E-state index in [-0.39, 0.29) is 45.5 Å². The van der Waals surface area contributed by atoms with Crippen LogP contribution in [0.2, 0.25) is 0 Å². The fraction of sp³-hybridized carbons (Fsp3) is 0.429. The highest BCUT2D eigenvalue weighted by atomic mass is 16.5. The highest BCUT2D eigenvalue weighted by Gasteiger charge is 2.30. The zero-order chi connectivity index (χ0) is 26.9. The van der Waals surface area contributed by atoms with Gasteiger partial charge in [-0.25, -0.2) is 0 Å². The van der Waals surface area contributed by atoms with E-state index in [0.717, 1.165) is 36.1 Å². The van der Waals surface area contributed by atoms with Gasteiger partial charge in [-0.1, -0.05) is 6.92 Å². The van der Waals surface area contributed by atoms with Gasteiger partial charge in [0.1, 0.15) is 22.3 Å². The van der Waals surface area contributed by atoms with Gasteiger partial charge in [-0.2, -0.15) is 0 Å². The summed E-state index contributed by atoms with van der Waals surface area (Å²) < 4.78 is 27.8. The van der Waals surface area contributed by atoms with Crippen LogP contribution in [0.15, 0.2) is 27.4 Å². The number of benzene rings is 2. The van der Waals surface area contributed by atoms with Gasteiger partial charge in [0.25, 0.3) is 6.47 Å². The Hall–Kier alpha value is -3.88. The minimum atomic E-state index is -0.592. The number of phenolic OH excluding ortho intramolecular Hbond substituents is 2. The van der Waals surface area contributed by atoms with Crippen LogP contribution < -0.4 is 19.6 Å². The van der Waals surface area contributed by atoms with Gasteiger partial charge in [-0.05, 0) is 68.7 Å². The topological polar surface area (TPSA) is 125 Å². The standard InChI is InChI=1S/C28H32O9/c1-15(13-35-14-29)6-7-16-10-18(11-17-8-9-28(2,3)37-24(16)17)25-27(34-5)23(32)21-20(36-25)12-19(30)26(33-4)22(21)31/h10-12,14-15,30-31H,6-9,13H2,1-5H3. The highest BCUT2D eigenvalue weighted by molar-refractivity contribution is 5.91. The molecule has 0 bridgehead atoms. The summed E-state index contributed by atoms with van der Waals surface area (Å²) in [6.07, 6.45) is 2.97. The molecule has 9 heteroatoms. The summed E-state index contributed by atoms with van der Waals surface area (Å²) in [6.45, 7) is 6.87. The quantitative estimate of drug-likeness (QED) is 0.391. The summed E-state index contributed by atoms with van der Waals surface area (Å²) in [5.41, 5.74) is 1.60. The molecule has 0 fully saturated rings. The summed E-state index contributed by atoms with van der Waals surface area (Å²) in [4.78, 5) is 24.0. The molecule has 0 amide bonds. The molecule has 0 saturated heterocycles. The molecule has 0 saturated carbocycles. The molecule has 9 nitrogen and oxygen atoms in total. The zero-order valence-electron chi connectivity index (χ0n) is 21.7. The number of fused-ring (bicyclic) bond motifs is 2. The number of rotatable bonds is 9. The van der Waals surface area contributed by atoms with Crippen molar-refractivity contribution in [3.05, 3.63) is 39.5 Å². The Morgan fingerprint density at radius 3 is 2.54 bits per heavy atom. The molecule has 0 radical (unpaired) electrons. The van der Waals surface area contributed by atoms with Gasteiger partial charge in [0.05, 0.1) is 20.8 Å². The molecular formula is C28H32O9. The lowest BCUT2D eigenvalue weighted by Gasteiger charge is -2.34. The van der Waals surface area contributed by atoms with Crippen molar-refractivity contribution in [1.82, 2.24) is 0 Å². The van der Waals surface area contributed by atoms with Crippen LogP contribution in [0, 0.1) is 5.92 Å². The predicted octanol–water partition coefficient (Wildman–Crippen LogP) is 4.73. The van der Waals surface area contributed by atoms with Gasteiger partial charge in [0, 0.05) is 11.6 Å². The predicted molar refractivity (Wildman–Crippen MR) is 137 cm³/mol. The fourth-order valence-electron chi connectivity index (χ4n) is 4.70. The number of aryl methyl sites for hydroxylation is 2. The molecule has 1 aliphatic rings. The molecule has 0 aliphatic carbocycles. The van der Waals surface area contributed by atoms with Gasteiger partial charge in [0.15, 0.2) is 17.3 Å². The maximum atomic E-state index is 13.4. The summed E-state index contributed by atoms with van der Waals surface area (Å²) in [5.74, 6) is -0.0650. The normalized spacial score (nSPS) is 14.9. The first-order chi connectivity index (χ1) is 17.6. The van der Waals surface area contributed by atoms with Crippen LogP contribution in [-0.4, -0.2) is 43.1 Å². The molecule has 0 spiro atoms. The van der Waals surface area contributed by atoms with Gasteiger partial charge < -0.3 is 33.6 Å². The van der Waals surface area contributed by atoms with E-state index in [4.69, 9.17) is 23.4 Å². The van der Waals surface area contributed by atoms with Crippen LogP contribution in [0.3, 0.4) is 0 Å². The monoisotopic (exact) mass is 512 g/mol. The first kappa shape index (κ1) is 26.2. The van der Waals surface area contributed by atoms with Crippen LogP contribution in [-0.2, 0) is 22.4 Å². The van der Waals surface area contributed by atoms with Crippen molar-refractivity contribution in [2.75, 3.05) is 20.8 Å². The summed E-state index contributed by atoms with van der Waals surface area (Å²) in [6, 6.07) is 5.06. The number of hydrogen-bond acceptors (Lipinski definition) is 9. The van der Waals surface area contributed by atoms with Crippen LogP contribution in [0.5, 0.6) is 28.7 Å². The van der Waals surface area contributed by atoms with Crippen molar-refractivity contribution < 1.29 is 38.4 Å². The number of aromatic hydroxyl groups is 2. The van der Waals surface area contributed by atoms with Gasteiger partial charge >= 0.3 is 0 Å². The van der Waals surface area contributed by atoms with Crippen molar-refractivity contribution in [3.8, 4) is 40.1 Å². The van der Waals surface area contributed by atoms with Crippen molar-refractivity contribution in [3.63, 3.8) is 0 Å². The van der Waals surface area contributed by atoms with Gasteiger partial charge in [-0.3, -0.25) is 9.59 Å². The molecule has 3 aromatic rings. The second kappa shape index (κ2) is 10.2. The first-order valence-electron chi connectivity index (χ1n) is 12.1. The van der Waals surface area contributed by atoms with E-state index in [0.29, 0.717) is 25.1 Å². The van der Waals surface area contributed by atoms with E-state index in [1.807, 2.05) is 32.9 Å². The van der Waals surface area contributed by atoms with Crippen molar-refractivity contribution >= 4 is 17.4 Å². The third-order valence-electron chi connectivity index (χ3n) is 6.69. The Kier molecular flexibility index (Phi) is 7.25. The van der Waals surface area contributed by atoms with Crippen molar-refractivity contribution in [2.24, 2.45) is 5.92 Å². The van der Waals surface area contributed by atoms with Crippen molar-refractivity contribution in [1.29, 1.82) is 0 Å². The second-order valence-electron chi connectivity index (χ2n) is 10.0. The Morgan fingerprint density at radius 1 is 1.14 bits per heavy atom.